The Bertz CT molecular complexity index is 493. The van der Waals surface area contributed by atoms with E-state index in [1.807, 2.05) is 12.3 Å². The van der Waals surface area contributed by atoms with Gasteiger partial charge in [0.25, 0.3) is 0 Å². The van der Waals surface area contributed by atoms with Crippen molar-refractivity contribution in [3.63, 3.8) is 0 Å². The Morgan fingerprint density at radius 3 is 2.62 bits per heavy atom. The molecule has 4 N–H and O–H groups in total. The van der Waals surface area contributed by atoms with Crippen LogP contribution >= 0.6 is 0 Å². The fourth-order valence-corrected chi connectivity index (χ4v) is 1.45. The zero-order valence-corrected chi connectivity index (χ0v) is 11.7. The van der Waals surface area contributed by atoms with Crippen LogP contribution in [-0.2, 0) is 11.0 Å². The van der Waals surface area contributed by atoms with Gasteiger partial charge in [0.15, 0.2) is 0 Å². The average molecular weight is 306 g/mol. The van der Waals surface area contributed by atoms with E-state index in [1.165, 1.54) is 18.0 Å². The molecule has 0 aliphatic rings. The molecule has 1 aromatic rings. The highest BCUT2D eigenvalue weighted by Gasteiger charge is 2.35. The van der Waals surface area contributed by atoms with Crippen LogP contribution in [0.5, 0.6) is 0 Å². The fraction of sp³-hybridized carbons (Fsp3) is 0.545. The number of alkyl halides is 3. The van der Waals surface area contributed by atoms with Crippen molar-refractivity contribution in [1.82, 2.24) is 15.3 Å². The van der Waals surface area contributed by atoms with Gasteiger partial charge in [0.2, 0.25) is 11.7 Å². The number of likely N-dealkylation sites (N-methyl/N-ethyl adjacent to an activating group) is 1. The molecule has 0 aliphatic carbocycles. The van der Waals surface area contributed by atoms with E-state index in [0.29, 0.717) is 6.54 Å². The van der Waals surface area contributed by atoms with Crippen molar-refractivity contribution in [2.45, 2.75) is 19.5 Å². The first-order valence-corrected chi connectivity index (χ1v) is 6.18. The van der Waals surface area contributed by atoms with Crippen LogP contribution in [0.2, 0.25) is 0 Å². The van der Waals surface area contributed by atoms with E-state index in [9.17, 15) is 18.0 Å². The maximum atomic E-state index is 12.7. The molecule has 0 atom stereocenters. The molecule has 0 aromatic carbocycles. The fourth-order valence-electron chi connectivity index (χ4n) is 1.45. The van der Waals surface area contributed by atoms with Crippen LogP contribution in [0.15, 0.2) is 6.07 Å². The standard InChI is InChI=1S/C11H17F3N6O/c1-3-4-16-9(21)6-20(2)8-5-7(19-15)17-10(18-8)11(12,13)14/h5H,3-4,6,15H2,1-2H3,(H,16,21)(H,17,18,19). The van der Waals surface area contributed by atoms with Crippen LogP contribution in [0.3, 0.4) is 0 Å². The number of nitrogens with zero attached hydrogens (tertiary/aromatic N) is 3. The lowest BCUT2D eigenvalue weighted by atomic mass is 10.4. The van der Waals surface area contributed by atoms with E-state index in [4.69, 9.17) is 5.84 Å². The summed E-state index contributed by atoms with van der Waals surface area (Å²) in [6, 6.07) is 1.22. The quantitative estimate of drug-likeness (QED) is 0.530. The lowest BCUT2D eigenvalue weighted by Gasteiger charge is -2.19. The van der Waals surface area contributed by atoms with Crippen LogP contribution in [0.4, 0.5) is 24.8 Å². The number of rotatable bonds is 6. The number of nitrogens with one attached hydrogen (secondary N) is 2. The number of carbonyl (C=O) groups is 1. The van der Waals surface area contributed by atoms with Crippen LogP contribution in [0, 0.1) is 0 Å². The SMILES string of the molecule is CCCNC(=O)CN(C)c1cc(NN)nc(C(F)(F)F)n1. The Labute approximate surface area is 119 Å². The van der Waals surface area contributed by atoms with Gasteiger partial charge in [-0.15, -0.1) is 0 Å². The predicted octanol–water partition coefficient (Wildman–Crippen LogP) is 0.743. The normalized spacial score (nSPS) is 11.1. The Kier molecular flexibility index (Phi) is 5.70. The molecule has 0 saturated heterocycles. The largest absolute Gasteiger partial charge is 0.451 e. The first kappa shape index (κ1) is 17.0. The summed E-state index contributed by atoms with van der Waals surface area (Å²) >= 11 is 0. The van der Waals surface area contributed by atoms with E-state index in [2.05, 4.69) is 15.3 Å². The average Bonchev–Trinajstić information content (AvgIpc) is 2.43. The third-order valence-electron chi connectivity index (χ3n) is 2.46. The molecule has 1 aromatic heterocycles. The van der Waals surface area contributed by atoms with Gasteiger partial charge in [0.1, 0.15) is 11.6 Å². The molecule has 1 amide bonds. The first-order valence-electron chi connectivity index (χ1n) is 6.18. The second-order valence-corrected chi connectivity index (χ2v) is 4.28. The number of nitrogen functional groups attached to an aromatic ring is 1. The molecule has 10 heteroatoms. The molecule has 0 fully saturated rings. The highest BCUT2D eigenvalue weighted by molar-refractivity contribution is 5.80. The highest BCUT2D eigenvalue weighted by atomic mass is 19.4. The molecule has 0 spiro atoms. The Morgan fingerprint density at radius 1 is 1.43 bits per heavy atom. The summed E-state index contributed by atoms with van der Waals surface area (Å²) in [7, 11) is 1.45. The number of anilines is 2. The van der Waals surface area contributed by atoms with Crippen LogP contribution in [0.25, 0.3) is 0 Å². The minimum Gasteiger partial charge on any atom is -0.355 e. The van der Waals surface area contributed by atoms with Gasteiger partial charge in [-0.1, -0.05) is 6.92 Å². The summed E-state index contributed by atoms with van der Waals surface area (Å²) in [4.78, 5) is 19.5. The molecule has 7 nitrogen and oxygen atoms in total. The molecule has 1 heterocycles. The molecule has 118 valence electrons. The number of halogens is 3. The Balaban J connectivity index is 2.93. The Hall–Kier alpha value is -2.10. The summed E-state index contributed by atoms with van der Waals surface area (Å²) in [5.41, 5.74) is 2.04. The van der Waals surface area contributed by atoms with Crippen molar-refractivity contribution in [3.8, 4) is 0 Å². The maximum absolute atomic E-state index is 12.7. The molecule has 0 bridgehead atoms. The summed E-state index contributed by atoms with van der Waals surface area (Å²) < 4.78 is 38.1. The minimum atomic E-state index is -4.70. The number of hydrogen-bond acceptors (Lipinski definition) is 6. The van der Waals surface area contributed by atoms with Gasteiger partial charge in [-0.2, -0.15) is 13.2 Å². The molecule has 0 saturated carbocycles. The Morgan fingerprint density at radius 2 is 2.10 bits per heavy atom. The maximum Gasteiger partial charge on any atom is 0.451 e. The molecule has 0 unspecified atom stereocenters. The second kappa shape index (κ2) is 7.07. The van der Waals surface area contributed by atoms with Gasteiger partial charge in [0.05, 0.1) is 6.54 Å². The molecular weight excluding hydrogens is 289 g/mol. The zero-order valence-electron chi connectivity index (χ0n) is 11.7. The second-order valence-electron chi connectivity index (χ2n) is 4.28. The minimum absolute atomic E-state index is 0.0584. The summed E-state index contributed by atoms with van der Waals surface area (Å²) in [6.45, 7) is 2.27. The van der Waals surface area contributed by atoms with Gasteiger partial charge >= 0.3 is 6.18 Å². The number of aromatic nitrogens is 2. The van der Waals surface area contributed by atoms with Crippen molar-refractivity contribution in [1.29, 1.82) is 0 Å². The highest BCUT2D eigenvalue weighted by Crippen LogP contribution is 2.28. The number of amides is 1. The van der Waals surface area contributed by atoms with Crippen molar-refractivity contribution in [2.24, 2.45) is 5.84 Å². The number of nitrogens with two attached hydrogens (primary N) is 1. The lowest BCUT2D eigenvalue weighted by Crippen LogP contribution is -2.36. The van der Waals surface area contributed by atoms with Crippen LogP contribution in [-0.4, -0.2) is 36.0 Å². The van der Waals surface area contributed by atoms with E-state index < -0.39 is 12.0 Å². The van der Waals surface area contributed by atoms with Gasteiger partial charge in [-0.05, 0) is 6.42 Å². The topological polar surface area (TPSA) is 96.2 Å². The number of hydrogen-bond donors (Lipinski definition) is 3. The smallest absolute Gasteiger partial charge is 0.355 e. The van der Waals surface area contributed by atoms with Crippen LogP contribution in [0.1, 0.15) is 19.2 Å². The van der Waals surface area contributed by atoms with Crippen molar-refractivity contribution in [3.05, 3.63) is 11.9 Å². The molecule has 1 rings (SSSR count). The van der Waals surface area contributed by atoms with Crippen molar-refractivity contribution < 1.29 is 18.0 Å². The summed E-state index contributed by atoms with van der Waals surface area (Å²) in [6.07, 6.45) is -3.94. The van der Waals surface area contributed by atoms with Gasteiger partial charge in [-0.3, -0.25) is 4.79 Å². The van der Waals surface area contributed by atoms with Gasteiger partial charge in [0, 0.05) is 19.7 Å². The molecule has 0 aliphatic heterocycles. The van der Waals surface area contributed by atoms with Crippen molar-refractivity contribution >= 4 is 17.5 Å². The third-order valence-corrected chi connectivity index (χ3v) is 2.46. The molecular formula is C11H17F3N6O. The van der Waals surface area contributed by atoms with E-state index in [1.54, 1.807) is 0 Å². The van der Waals surface area contributed by atoms with Crippen molar-refractivity contribution in [2.75, 3.05) is 30.5 Å². The lowest BCUT2D eigenvalue weighted by molar-refractivity contribution is -0.144. The van der Waals surface area contributed by atoms with Gasteiger partial charge in [-0.25, -0.2) is 15.8 Å². The first-order chi connectivity index (χ1) is 9.77. The molecule has 21 heavy (non-hydrogen) atoms. The van der Waals surface area contributed by atoms with Crippen LogP contribution < -0.4 is 21.5 Å². The summed E-state index contributed by atoms with van der Waals surface area (Å²) in [5, 5.41) is 2.62. The monoisotopic (exact) mass is 306 g/mol. The number of carbonyl (C=O) groups excluding carboxylic acids is 1. The predicted molar refractivity (Wildman–Crippen MR) is 71.4 cm³/mol. The zero-order chi connectivity index (χ0) is 16.0. The molecule has 0 radical (unpaired) electrons. The summed E-state index contributed by atoms with van der Waals surface area (Å²) in [5.74, 6) is 3.21. The van der Waals surface area contributed by atoms with E-state index in [-0.39, 0.29) is 24.1 Å². The van der Waals surface area contributed by atoms with E-state index >= 15 is 0 Å². The number of hydrazine groups is 1. The third kappa shape index (κ3) is 5.06. The van der Waals surface area contributed by atoms with Gasteiger partial charge < -0.3 is 15.6 Å². The van der Waals surface area contributed by atoms with E-state index in [0.717, 1.165) is 6.42 Å².